The Hall–Kier alpha value is -1.13. The van der Waals surface area contributed by atoms with Crippen molar-refractivity contribution >= 4 is 17.4 Å². The normalized spacial score (nSPS) is 20.1. The lowest BCUT2D eigenvalue weighted by molar-refractivity contribution is 0.0909. The first-order valence-corrected chi connectivity index (χ1v) is 5.63. The second-order valence-corrected chi connectivity index (χ2v) is 4.00. The van der Waals surface area contributed by atoms with E-state index in [0.29, 0.717) is 6.61 Å². The Morgan fingerprint density at radius 2 is 2.56 bits per heavy atom. The summed E-state index contributed by atoms with van der Waals surface area (Å²) >= 11 is 5.75. The lowest BCUT2D eigenvalue weighted by atomic mass is 10.3. The number of nitrogens with zero attached hydrogens (tertiary/aromatic N) is 3. The van der Waals surface area contributed by atoms with Gasteiger partial charge in [0.15, 0.2) is 0 Å². The predicted molar refractivity (Wildman–Crippen MR) is 63.8 cm³/mol. The average Bonchev–Trinajstić information content (AvgIpc) is 2.75. The number of halogens is 1. The van der Waals surface area contributed by atoms with E-state index in [1.165, 1.54) is 0 Å². The molecule has 0 aromatic carbocycles. The molecule has 0 aliphatic carbocycles. The minimum absolute atomic E-state index is 0.256. The van der Waals surface area contributed by atoms with Gasteiger partial charge in [0, 0.05) is 19.3 Å². The monoisotopic (exact) mass is 239 g/mol. The van der Waals surface area contributed by atoms with Crippen LogP contribution in [0.3, 0.4) is 0 Å². The molecule has 1 aliphatic heterocycles. The molecule has 0 radical (unpaired) electrons. The number of rotatable bonds is 4. The summed E-state index contributed by atoms with van der Waals surface area (Å²) in [5.74, 6) is 0.865. The fourth-order valence-corrected chi connectivity index (χ4v) is 1.92. The fraction of sp³-hybridized carbons (Fsp3) is 0.455. The minimum Gasteiger partial charge on any atom is -0.372 e. The zero-order valence-corrected chi connectivity index (χ0v) is 9.73. The first-order chi connectivity index (χ1) is 7.79. The maximum Gasteiger partial charge on any atom is 0.224 e. The molecule has 0 amide bonds. The van der Waals surface area contributed by atoms with Gasteiger partial charge in [-0.1, -0.05) is 6.08 Å². The fourth-order valence-electron chi connectivity index (χ4n) is 1.78. The van der Waals surface area contributed by atoms with Crippen LogP contribution in [0.5, 0.6) is 0 Å². The van der Waals surface area contributed by atoms with Crippen LogP contribution in [0.2, 0.25) is 5.28 Å². The highest BCUT2D eigenvalue weighted by Crippen LogP contribution is 2.20. The molecule has 0 spiro atoms. The van der Waals surface area contributed by atoms with E-state index in [0.717, 1.165) is 25.3 Å². The second kappa shape index (κ2) is 5.27. The van der Waals surface area contributed by atoms with Crippen LogP contribution >= 0.6 is 11.6 Å². The van der Waals surface area contributed by atoms with Gasteiger partial charge in [0.1, 0.15) is 5.82 Å². The summed E-state index contributed by atoms with van der Waals surface area (Å²) in [5, 5.41) is 0.285. The van der Waals surface area contributed by atoms with Gasteiger partial charge in [-0.05, 0) is 24.1 Å². The third-order valence-corrected chi connectivity index (χ3v) is 2.71. The van der Waals surface area contributed by atoms with Gasteiger partial charge < -0.3 is 9.64 Å². The summed E-state index contributed by atoms with van der Waals surface area (Å²) < 4.78 is 5.60. The Kier molecular flexibility index (Phi) is 3.74. The molecule has 1 fully saturated rings. The SMILES string of the molecule is C=CCO[C@@H]1CCN(c2ccnc(Cl)n2)C1. The molecule has 16 heavy (non-hydrogen) atoms. The lowest BCUT2D eigenvalue weighted by Crippen LogP contribution is -2.23. The second-order valence-electron chi connectivity index (χ2n) is 3.66. The van der Waals surface area contributed by atoms with Gasteiger partial charge in [0.25, 0.3) is 0 Å². The standard InChI is InChI=1S/C11H14ClN3O/c1-2-7-16-9-4-6-15(8-9)10-3-5-13-11(12)14-10/h2-3,5,9H,1,4,6-8H2/t9-/m1/s1. The van der Waals surface area contributed by atoms with Crippen molar-refractivity contribution in [1.29, 1.82) is 0 Å². The van der Waals surface area contributed by atoms with E-state index in [4.69, 9.17) is 16.3 Å². The molecule has 0 unspecified atom stereocenters. The number of hydrogen-bond acceptors (Lipinski definition) is 4. The molecule has 4 nitrogen and oxygen atoms in total. The van der Waals surface area contributed by atoms with Gasteiger partial charge in [0.05, 0.1) is 12.7 Å². The lowest BCUT2D eigenvalue weighted by Gasteiger charge is -2.17. The van der Waals surface area contributed by atoms with Crippen molar-refractivity contribution in [3.63, 3.8) is 0 Å². The van der Waals surface area contributed by atoms with Crippen LogP contribution < -0.4 is 4.90 Å². The Labute approximate surface area is 99.9 Å². The largest absolute Gasteiger partial charge is 0.372 e. The minimum atomic E-state index is 0.256. The molecule has 5 heteroatoms. The molecule has 1 atom stereocenters. The van der Waals surface area contributed by atoms with Crippen molar-refractivity contribution in [2.75, 3.05) is 24.6 Å². The van der Waals surface area contributed by atoms with E-state index in [9.17, 15) is 0 Å². The summed E-state index contributed by atoms with van der Waals surface area (Å²) in [6, 6.07) is 1.86. The maximum absolute atomic E-state index is 5.75. The topological polar surface area (TPSA) is 38.2 Å². The molecule has 1 saturated heterocycles. The third-order valence-electron chi connectivity index (χ3n) is 2.53. The summed E-state index contributed by atoms with van der Waals surface area (Å²) in [7, 11) is 0. The smallest absolute Gasteiger partial charge is 0.224 e. The van der Waals surface area contributed by atoms with Crippen molar-refractivity contribution in [2.24, 2.45) is 0 Å². The zero-order chi connectivity index (χ0) is 11.4. The maximum atomic E-state index is 5.75. The van der Waals surface area contributed by atoms with E-state index >= 15 is 0 Å². The number of aromatic nitrogens is 2. The molecule has 0 bridgehead atoms. The summed E-state index contributed by atoms with van der Waals surface area (Å²) in [6.45, 7) is 6.02. The molecule has 1 aromatic heterocycles. The Morgan fingerprint density at radius 3 is 3.31 bits per heavy atom. The first-order valence-electron chi connectivity index (χ1n) is 5.25. The molecular formula is C11H14ClN3O. The van der Waals surface area contributed by atoms with Crippen LogP contribution in [0.25, 0.3) is 0 Å². The van der Waals surface area contributed by atoms with E-state index in [1.54, 1.807) is 12.3 Å². The van der Waals surface area contributed by atoms with Crippen molar-refractivity contribution in [2.45, 2.75) is 12.5 Å². The predicted octanol–water partition coefficient (Wildman–Crippen LogP) is 1.91. The van der Waals surface area contributed by atoms with Crippen molar-refractivity contribution in [3.8, 4) is 0 Å². The van der Waals surface area contributed by atoms with Crippen LogP contribution in [-0.4, -0.2) is 35.8 Å². The first kappa shape index (κ1) is 11.4. The molecule has 0 saturated carbocycles. The number of anilines is 1. The van der Waals surface area contributed by atoms with E-state index in [1.807, 2.05) is 6.07 Å². The van der Waals surface area contributed by atoms with Crippen LogP contribution in [0.1, 0.15) is 6.42 Å². The summed E-state index contributed by atoms with van der Waals surface area (Å²) in [4.78, 5) is 10.2. The molecular weight excluding hydrogens is 226 g/mol. The van der Waals surface area contributed by atoms with E-state index < -0.39 is 0 Å². The molecule has 2 rings (SSSR count). The highest BCUT2D eigenvalue weighted by atomic mass is 35.5. The van der Waals surface area contributed by atoms with E-state index in [-0.39, 0.29) is 11.4 Å². The van der Waals surface area contributed by atoms with Crippen LogP contribution in [-0.2, 0) is 4.74 Å². The van der Waals surface area contributed by atoms with Gasteiger partial charge in [-0.3, -0.25) is 0 Å². The quantitative estimate of drug-likeness (QED) is 0.594. The van der Waals surface area contributed by atoms with Crippen molar-refractivity contribution in [3.05, 3.63) is 30.2 Å². The van der Waals surface area contributed by atoms with Gasteiger partial charge in [0.2, 0.25) is 5.28 Å². The van der Waals surface area contributed by atoms with Crippen molar-refractivity contribution in [1.82, 2.24) is 9.97 Å². The number of ether oxygens (including phenoxy) is 1. The molecule has 1 aliphatic rings. The molecule has 0 N–H and O–H groups in total. The van der Waals surface area contributed by atoms with Gasteiger partial charge in [-0.2, -0.15) is 0 Å². The number of hydrogen-bond donors (Lipinski definition) is 0. The van der Waals surface area contributed by atoms with Crippen LogP contribution in [0, 0.1) is 0 Å². The molecule has 86 valence electrons. The van der Waals surface area contributed by atoms with Crippen LogP contribution in [0.4, 0.5) is 5.82 Å². The van der Waals surface area contributed by atoms with Gasteiger partial charge >= 0.3 is 0 Å². The summed E-state index contributed by atoms with van der Waals surface area (Å²) in [6.07, 6.45) is 4.70. The van der Waals surface area contributed by atoms with Crippen LogP contribution in [0.15, 0.2) is 24.9 Å². The third kappa shape index (κ3) is 2.71. The van der Waals surface area contributed by atoms with Gasteiger partial charge in [-0.25, -0.2) is 9.97 Å². The highest BCUT2D eigenvalue weighted by Gasteiger charge is 2.23. The summed E-state index contributed by atoms with van der Waals surface area (Å²) in [5.41, 5.74) is 0. The Bertz CT molecular complexity index is 372. The van der Waals surface area contributed by atoms with E-state index in [2.05, 4.69) is 21.4 Å². The highest BCUT2D eigenvalue weighted by molar-refractivity contribution is 6.28. The molecule has 2 heterocycles. The average molecular weight is 240 g/mol. The molecule has 1 aromatic rings. The van der Waals surface area contributed by atoms with Crippen molar-refractivity contribution < 1.29 is 4.74 Å². The Morgan fingerprint density at radius 1 is 1.69 bits per heavy atom. The zero-order valence-electron chi connectivity index (χ0n) is 8.97. The Balaban J connectivity index is 1.95. The van der Waals surface area contributed by atoms with Gasteiger partial charge in [-0.15, -0.1) is 6.58 Å².